The molecule has 0 saturated heterocycles. The molecule has 0 saturated carbocycles. The van der Waals surface area contributed by atoms with Gasteiger partial charge in [-0.25, -0.2) is 14.4 Å². The number of imide groups is 1. The summed E-state index contributed by atoms with van der Waals surface area (Å²) in [4.78, 5) is 51.7. The molecule has 5 rings (SSSR count). The summed E-state index contributed by atoms with van der Waals surface area (Å²) in [6, 6.07) is 13.2. The van der Waals surface area contributed by atoms with Gasteiger partial charge >= 0.3 is 5.69 Å². The van der Waals surface area contributed by atoms with Crippen LogP contribution in [0.25, 0.3) is 0 Å². The van der Waals surface area contributed by atoms with Gasteiger partial charge in [0.25, 0.3) is 11.8 Å². The fourth-order valence-corrected chi connectivity index (χ4v) is 4.21. The average Bonchev–Trinajstić information content (AvgIpc) is 3.09. The number of hydrogen-bond donors (Lipinski definition) is 1. The number of nitrogens with one attached hydrogen (secondary N) is 1. The molecule has 0 radical (unpaired) electrons. The number of benzene rings is 2. The Bertz CT molecular complexity index is 1270. The van der Waals surface area contributed by atoms with Crippen LogP contribution in [0.15, 0.2) is 53.3 Å². The molecule has 0 unspecified atom stereocenters. The number of nitrogens with zero attached hydrogens (tertiary/aromatic N) is 4. The highest BCUT2D eigenvalue weighted by atomic mass is 16.2. The molecule has 0 spiro atoms. The molecule has 2 aromatic carbocycles. The van der Waals surface area contributed by atoms with E-state index in [9.17, 15) is 19.2 Å². The van der Waals surface area contributed by atoms with Crippen molar-refractivity contribution in [2.75, 3.05) is 10.2 Å². The van der Waals surface area contributed by atoms with Gasteiger partial charge in [0.15, 0.2) is 0 Å². The Hall–Kier alpha value is -4.01. The van der Waals surface area contributed by atoms with Crippen molar-refractivity contribution in [2.24, 2.45) is 0 Å². The molecule has 1 aromatic heterocycles. The lowest BCUT2D eigenvalue weighted by Crippen LogP contribution is -2.31. The minimum atomic E-state index is -0.417. The molecule has 3 heterocycles. The number of amides is 3. The van der Waals surface area contributed by atoms with E-state index in [4.69, 9.17) is 0 Å². The number of aromatic nitrogens is 3. The van der Waals surface area contributed by atoms with Crippen molar-refractivity contribution in [1.82, 2.24) is 14.3 Å². The average molecular weight is 431 g/mol. The first-order chi connectivity index (χ1) is 15.5. The molecule has 0 atom stereocenters. The van der Waals surface area contributed by atoms with Crippen LogP contribution in [-0.4, -0.2) is 32.1 Å². The predicted molar refractivity (Wildman–Crippen MR) is 117 cm³/mol. The highest BCUT2D eigenvalue weighted by Gasteiger charge is 2.36. The van der Waals surface area contributed by atoms with Gasteiger partial charge in [0.05, 0.1) is 16.8 Å². The lowest BCUT2D eigenvalue weighted by molar-refractivity contribution is -0.117. The number of anilines is 2. The minimum absolute atomic E-state index is 0.212. The SMILES string of the molecule is O=C(Cn1nc2n(c1=O)CCCCC2)Nc1cccc(N2C(=O)c3ccccc3C2=O)c1. The number of carbonyl (C=O) groups is 3. The fourth-order valence-electron chi connectivity index (χ4n) is 4.21. The Morgan fingerprint density at radius 2 is 1.69 bits per heavy atom. The number of carbonyl (C=O) groups excluding carboxylic acids is 3. The first-order valence-electron chi connectivity index (χ1n) is 10.6. The third kappa shape index (κ3) is 3.41. The zero-order valence-corrected chi connectivity index (χ0v) is 17.3. The molecule has 0 bridgehead atoms. The van der Waals surface area contributed by atoms with Gasteiger partial charge in [0.1, 0.15) is 12.4 Å². The summed E-state index contributed by atoms with van der Waals surface area (Å²) in [5, 5.41) is 7.05. The van der Waals surface area contributed by atoms with Crippen LogP contribution in [0.1, 0.15) is 45.8 Å². The molecular formula is C23H21N5O4. The van der Waals surface area contributed by atoms with Crippen LogP contribution < -0.4 is 15.9 Å². The van der Waals surface area contributed by atoms with E-state index < -0.39 is 17.7 Å². The van der Waals surface area contributed by atoms with E-state index in [1.807, 2.05) is 0 Å². The maximum absolute atomic E-state index is 12.7. The maximum Gasteiger partial charge on any atom is 0.346 e. The zero-order valence-electron chi connectivity index (χ0n) is 17.3. The van der Waals surface area contributed by atoms with Gasteiger partial charge < -0.3 is 5.32 Å². The summed E-state index contributed by atoms with van der Waals surface area (Å²) in [5.74, 6) is -0.506. The Morgan fingerprint density at radius 1 is 0.938 bits per heavy atom. The van der Waals surface area contributed by atoms with Crippen LogP contribution in [-0.2, 0) is 24.3 Å². The van der Waals surface area contributed by atoms with E-state index in [-0.39, 0.29) is 12.2 Å². The molecule has 3 aromatic rings. The molecule has 2 aliphatic rings. The van der Waals surface area contributed by atoms with E-state index in [0.29, 0.717) is 34.9 Å². The number of fused-ring (bicyclic) bond motifs is 2. The van der Waals surface area contributed by atoms with Crippen LogP contribution in [0.4, 0.5) is 11.4 Å². The summed E-state index contributed by atoms with van der Waals surface area (Å²) in [7, 11) is 0. The van der Waals surface area contributed by atoms with Gasteiger partial charge in [-0.3, -0.25) is 19.0 Å². The zero-order chi connectivity index (χ0) is 22.2. The molecule has 9 heteroatoms. The van der Waals surface area contributed by atoms with Crippen molar-refractivity contribution in [3.8, 4) is 0 Å². The van der Waals surface area contributed by atoms with Gasteiger partial charge in [-0.1, -0.05) is 24.6 Å². The normalized spacial score (nSPS) is 15.3. The van der Waals surface area contributed by atoms with E-state index in [2.05, 4.69) is 10.4 Å². The molecule has 2 aliphatic heterocycles. The topological polar surface area (TPSA) is 106 Å². The molecule has 32 heavy (non-hydrogen) atoms. The second-order valence-electron chi connectivity index (χ2n) is 7.91. The van der Waals surface area contributed by atoms with Crippen molar-refractivity contribution in [1.29, 1.82) is 0 Å². The summed E-state index contributed by atoms with van der Waals surface area (Å²) in [6.45, 7) is 0.411. The van der Waals surface area contributed by atoms with Gasteiger partial charge in [-0.05, 0) is 43.2 Å². The molecule has 162 valence electrons. The highest BCUT2D eigenvalue weighted by molar-refractivity contribution is 6.34. The Balaban J connectivity index is 1.33. The van der Waals surface area contributed by atoms with Gasteiger partial charge in [0, 0.05) is 18.7 Å². The summed E-state index contributed by atoms with van der Waals surface area (Å²) in [6.07, 6.45) is 3.70. The van der Waals surface area contributed by atoms with Crippen molar-refractivity contribution in [2.45, 2.75) is 38.8 Å². The minimum Gasteiger partial charge on any atom is -0.324 e. The second kappa shape index (κ2) is 7.92. The molecule has 9 nitrogen and oxygen atoms in total. The van der Waals surface area contributed by atoms with Gasteiger partial charge in [-0.2, -0.15) is 5.10 Å². The van der Waals surface area contributed by atoms with Crippen LogP contribution in [0.2, 0.25) is 0 Å². The lowest BCUT2D eigenvalue weighted by Gasteiger charge is -2.15. The van der Waals surface area contributed by atoms with Crippen LogP contribution in [0, 0.1) is 0 Å². The third-order valence-corrected chi connectivity index (χ3v) is 5.76. The maximum atomic E-state index is 12.7. The van der Waals surface area contributed by atoms with Crippen LogP contribution in [0.5, 0.6) is 0 Å². The Morgan fingerprint density at radius 3 is 2.44 bits per heavy atom. The third-order valence-electron chi connectivity index (χ3n) is 5.76. The lowest BCUT2D eigenvalue weighted by atomic mass is 10.1. The largest absolute Gasteiger partial charge is 0.346 e. The Labute approximate surface area is 183 Å². The van der Waals surface area contributed by atoms with E-state index in [1.54, 1.807) is 53.1 Å². The summed E-state index contributed by atoms with van der Waals surface area (Å²) in [5.41, 5.74) is 1.20. The molecule has 0 fully saturated rings. The monoisotopic (exact) mass is 431 g/mol. The van der Waals surface area contributed by atoms with E-state index in [1.165, 1.54) is 4.68 Å². The number of hydrogen-bond acceptors (Lipinski definition) is 5. The fraction of sp³-hybridized carbons (Fsp3) is 0.261. The van der Waals surface area contributed by atoms with Gasteiger partial charge in [0.2, 0.25) is 5.91 Å². The predicted octanol–water partition coefficient (Wildman–Crippen LogP) is 2.21. The summed E-state index contributed by atoms with van der Waals surface area (Å²) < 4.78 is 2.83. The van der Waals surface area contributed by atoms with Crippen molar-refractivity contribution in [3.05, 3.63) is 76.0 Å². The molecule has 3 amide bonds. The smallest absolute Gasteiger partial charge is 0.324 e. The second-order valence-corrected chi connectivity index (χ2v) is 7.91. The standard InChI is InChI=1S/C23H21N5O4/c29-20(14-27-23(32)26-12-5-1-2-11-19(26)25-27)24-15-7-6-8-16(13-15)28-21(30)17-9-3-4-10-18(17)22(28)31/h3-4,6-10,13H,1-2,5,11-12,14H2,(H,24,29). The molecule has 1 N–H and O–H groups in total. The van der Waals surface area contributed by atoms with Crippen molar-refractivity contribution >= 4 is 29.1 Å². The van der Waals surface area contributed by atoms with Crippen LogP contribution in [0.3, 0.4) is 0 Å². The van der Waals surface area contributed by atoms with Crippen molar-refractivity contribution in [3.63, 3.8) is 0 Å². The van der Waals surface area contributed by atoms with E-state index >= 15 is 0 Å². The first kappa shape index (κ1) is 19.9. The Kier molecular flexibility index (Phi) is 4.93. The number of rotatable bonds is 4. The quantitative estimate of drug-likeness (QED) is 0.638. The first-order valence-corrected chi connectivity index (χ1v) is 10.6. The van der Waals surface area contributed by atoms with Crippen LogP contribution >= 0.6 is 0 Å². The molecule has 0 aliphatic carbocycles. The van der Waals surface area contributed by atoms with Gasteiger partial charge in [-0.15, -0.1) is 0 Å². The van der Waals surface area contributed by atoms with Crippen molar-refractivity contribution < 1.29 is 14.4 Å². The summed E-state index contributed by atoms with van der Waals surface area (Å²) >= 11 is 0. The molecular weight excluding hydrogens is 410 g/mol. The van der Waals surface area contributed by atoms with E-state index in [0.717, 1.165) is 30.6 Å². The highest BCUT2D eigenvalue weighted by Crippen LogP contribution is 2.29. The number of aryl methyl sites for hydroxylation is 1.